The van der Waals surface area contributed by atoms with E-state index in [-0.39, 0.29) is 0 Å². The molecule has 0 aromatic heterocycles. The fraction of sp³-hybridized carbons (Fsp3) is 0.667. The number of nitrogens with one attached hydrogen (secondary N) is 1. The molecule has 20 heavy (non-hydrogen) atoms. The first-order chi connectivity index (χ1) is 9.70. The first kappa shape index (κ1) is 15.5. The van der Waals surface area contributed by atoms with Gasteiger partial charge in [-0.05, 0) is 49.9 Å². The van der Waals surface area contributed by atoms with Crippen LogP contribution in [0.4, 0.5) is 0 Å². The Kier molecular flexibility index (Phi) is 6.06. The summed E-state index contributed by atoms with van der Waals surface area (Å²) in [4.78, 5) is 2.55. The van der Waals surface area contributed by atoms with Gasteiger partial charge in [0.15, 0.2) is 0 Å². The Bertz CT molecular complexity index is 366. The molecule has 1 heterocycles. The maximum Gasteiger partial charge on any atom is 0.00916 e. The first-order valence-electron chi connectivity index (χ1n) is 8.21. The summed E-state index contributed by atoms with van der Waals surface area (Å²) < 4.78 is 0. The number of piperidine rings is 1. The molecule has 1 saturated heterocycles. The molecule has 1 aliphatic rings. The molecule has 0 radical (unpaired) electrons. The second-order valence-electron chi connectivity index (χ2n) is 6.38. The zero-order valence-corrected chi connectivity index (χ0v) is 13.3. The van der Waals surface area contributed by atoms with E-state index in [9.17, 15) is 0 Å². The van der Waals surface area contributed by atoms with Gasteiger partial charge in [0.2, 0.25) is 0 Å². The minimum absolute atomic E-state index is 0.625. The van der Waals surface area contributed by atoms with Gasteiger partial charge >= 0.3 is 0 Å². The van der Waals surface area contributed by atoms with Crippen LogP contribution in [0.2, 0.25) is 0 Å². The Hall–Kier alpha value is -0.860. The molecule has 1 aliphatic heterocycles. The quantitative estimate of drug-likeness (QED) is 0.854. The summed E-state index contributed by atoms with van der Waals surface area (Å²) in [6, 6.07) is 11.7. The number of benzene rings is 1. The van der Waals surface area contributed by atoms with E-state index in [1.165, 1.54) is 38.0 Å². The molecule has 2 nitrogen and oxygen atoms in total. The third-order valence-electron chi connectivity index (χ3n) is 4.69. The summed E-state index contributed by atoms with van der Waals surface area (Å²) >= 11 is 0. The molecule has 1 atom stereocenters. The lowest BCUT2D eigenvalue weighted by atomic mass is 9.88. The number of hydrogen-bond acceptors (Lipinski definition) is 2. The summed E-state index contributed by atoms with van der Waals surface area (Å²) in [7, 11) is 0. The Morgan fingerprint density at radius 1 is 1.15 bits per heavy atom. The molecule has 0 bridgehead atoms. The smallest absolute Gasteiger partial charge is 0.00916 e. The fourth-order valence-corrected chi connectivity index (χ4v) is 3.19. The van der Waals surface area contributed by atoms with Crippen LogP contribution in [-0.4, -0.2) is 37.1 Å². The van der Waals surface area contributed by atoms with E-state index in [1.54, 1.807) is 0 Å². The van der Waals surface area contributed by atoms with Crippen molar-refractivity contribution >= 4 is 0 Å². The highest BCUT2D eigenvalue weighted by molar-refractivity contribution is 5.20. The highest BCUT2D eigenvalue weighted by Crippen LogP contribution is 2.24. The summed E-state index contributed by atoms with van der Waals surface area (Å²) in [6.45, 7) is 11.7. The zero-order valence-electron chi connectivity index (χ0n) is 13.3. The van der Waals surface area contributed by atoms with E-state index in [4.69, 9.17) is 0 Å². The normalized spacial score (nSPS) is 19.4. The largest absolute Gasteiger partial charge is 0.313 e. The second kappa shape index (κ2) is 7.80. The number of hydrogen-bond donors (Lipinski definition) is 1. The van der Waals surface area contributed by atoms with E-state index < -0.39 is 0 Å². The summed E-state index contributed by atoms with van der Waals surface area (Å²) in [6.07, 6.45) is 2.60. The molecule has 1 N–H and O–H groups in total. The van der Waals surface area contributed by atoms with E-state index in [0.29, 0.717) is 17.9 Å². The van der Waals surface area contributed by atoms with Crippen molar-refractivity contribution in [2.75, 3.05) is 26.2 Å². The van der Waals surface area contributed by atoms with Gasteiger partial charge in [0, 0.05) is 12.6 Å². The lowest BCUT2D eigenvalue weighted by molar-refractivity contribution is 0.203. The van der Waals surface area contributed by atoms with Gasteiger partial charge in [0.25, 0.3) is 0 Å². The van der Waals surface area contributed by atoms with Gasteiger partial charge in [-0.25, -0.2) is 0 Å². The molecule has 0 saturated carbocycles. The van der Waals surface area contributed by atoms with E-state index in [1.807, 2.05) is 0 Å². The first-order valence-corrected chi connectivity index (χ1v) is 8.21. The van der Waals surface area contributed by atoms with Crippen molar-refractivity contribution in [3.8, 4) is 0 Å². The number of likely N-dealkylation sites (tertiary alicyclic amines) is 1. The molecule has 0 aliphatic carbocycles. The highest BCUT2D eigenvalue weighted by Gasteiger charge is 2.20. The number of nitrogens with zero attached hydrogens (tertiary/aromatic N) is 1. The monoisotopic (exact) mass is 274 g/mol. The molecule has 1 fully saturated rings. The predicted octanol–water partition coefficient (Wildman–Crippen LogP) is 3.50. The Morgan fingerprint density at radius 2 is 1.80 bits per heavy atom. The van der Waals surface area contributed by atoms with Crippen molar-refractivity contribution in [2.24, 2.45) is 5.92 Å². The minimum Gasteiger partial charge on any atom is -0.313 e. The van der Waals surface area contributed by atoms with Crippen molar-refractivity contribution < 1.29 is 0 Å². The highest BCUT2D eigenvalue weighted by atomic mass is 15.1. The van der Waals surface area contributed by atoms with Crippen LogP contribution in [0.5, 0.6) is 0 Å². The van der Waals surface area contributed by atoms with Crippen molar-refractivity contribution in [1.29, 1.82) is 0 Å². The lowest BCUT2D eigenvalue weighted by Crippen LogP contribution is -2.43. The molecule has 1 aromatic carbocycles. The Morgan fingerprint density at radius 3 is 2.35 bits per heavy atom. The lowest BCUT2D eigenvalue weighted by Gasteiger charge is -2.33. The van der Waals surface area contributed by atoms with Crippen molar-refractivity contribution in [1.82, 2.24) is 10.2 Å². The average molecular weight is 274 g/mol. The van der Waals surface area contributed by atoms with Crippen molar-refractivity contribution in [2.45, 2.75) is 45.6 Å². The van der Waals surface area contributed by atoms with Crippen molar-refractivity contribution in [3.63, 3.8) is 0 Å². The zero-order chi connectivity index (χ0) is 14.4. The third-order valence-corrected chi connectivity index (χ3v) is 4.69. The summed E-state index contributed by atoms with van der Waals surface area (Å²) in [5.41, 5.74) is 1.47. The molecule has 2 rings (SSSR count). The molecule has 1 unspecified atom stereocenters. The number of rotatable bonds is 6. The van der Waals surface area contributed by atoms with Crippen LogP contribution in [0.3, 0.4) is 0 Å². The molecule has 0 spiro atoms. The average Bonchev–Trinajstić information content (AvgIpc) is 2.49. The van der Waals surface area contributed by atoms with E-state index in [2.05, 4.69) is 61.3 Å². The Balaban J connectivity index is 1.84. The molecule has 2 heteroatoms. The van der Waals surface area contributed by atoms with Crippen LogP contribution in [0.15, 0.2) is 30.3 Å². The molecule has 1 aromatic rings. The third kappa shape index (κ3) is 4.32. The maximum absolute atomic E-state index is 3.82. The van der Waals surface area contributed by atoms with Crippen molar-refractivity contribution in [3.05, 3.63) is 35.9 Å². The van der Waals surface area contributed by atoms with E-state index >= 15 is 0 Å². The molecule has 112 valence electrons. The Labute approximate surface area is 124 Å². The SMILES string of the molecule is CCN1CCC(NCC(c2ccccc2)C(C)C)CC1. The van der Waals surface area contributed by atoms with Gasteiger partial charge in [-0.2, -0.15) is 0 Å². The van der Waals surface area contributed by atoms with Gasteiger partial charge in [-0.3, -0.25) is 0 Å². The van der Waals surface area contributed by atoms with Crippen LogP contribution in [0.1, 0.15) is 45.1 Å². The fourth-order valence-electron chi connectivity index (χ4n) is 3.19. The van der Waals surface area contributed by atoms with Crippen LogP contribution in [-0.2, 0) is 0 Å². The summed E-state index contributed by atoms with van der Waals surface area (Å²) in [5, 5.41) is 3.82. The summed E-state index contributed by atoms with van der Waals surface area (Å²) in [5.74, 6) is 1.31. The molecular formula is C18H30N2. The minimum atomic E-state index is 0.625. The van der Waals surface area contributed by atoms with Gasteiger partial charge in [-0.1, -0.05) is 51.1 Å². The van der Waals surface area contributed by atoms with Gasteiger partial charge in [0.1, 0.15) is 0 Å². The molecular weight excluding hydrogens is 244 g/mol. The van der Waals surface area contributed by atoms with Gasteiger partial charge in [0.05, 0.1) is 0 Å². The second-order valence-corrected chi connectivity index (χ2v) is 6.38. The van der Waals surface area contributed by atoms with Crippen LogP contribution in [0, 0.1) is 5.92 Å². The topological polar surface area (TPSA) is 15.3 Å². The van der Waals surface area contributed by atoms with Crippen LogP contribution in [0.25, 0.3) is 0 Å². The van der Waals surface area contributed by atoms with Crippen LogP contribution < -0.4 is 5.32 Å². The van der Waals surface area contributed by atoms with Crippen LogP contribution >= 0.6 is 0 Å². The van der Waals surface area contributed by atoms with Gasteiger partial charge in [-0.15, -0.1) is 0 Å². The molecule has 0 amide bonds. The van der Waals surface area contributed by atoms with E-state index in [0.717, 1.165) is 6.54 Å². The maximum atomic E-state index is 3.82. The predicted molar refractivity (Wildman–Crippen MR) is 87.2 cm³/mol. The van der Waals surface area contributed by atoms with Gasteiger partial charge < -0.3 is 10.2 Å². The standard InChI is InChI=1S/C18H30N2/c1-4-20-12-10-17(11-13-20)19-14-18(15(2)3)16-8-6-5-7-9-16/h5-9,15,17-19H,4,10-14H2,1-3H3.